The first kappa shape index (κ1) is 16.6. The van der Waals surface area contributed by atoms with Crippen molar-refractivity contribution in [1.82, 2.24) is 9.88 Å². The molecule has 24 heavy (non-hydrogen) atoms. The van der Waals surface area contributed by atoms with Crippen molar-refractivity contribution in [3.63, 3.8) is 0 Å². The van der Waals surface area contributed by atoms with Crippen LogP contribution in [0.5, 0.6) is 0 Å². The maximum absolute atomic E-state index is 12.9. The highest BCUT2D eigenvalue weighted by molar-refractivity contribution is 5.96. The summed E-state index contributed by atoms with van der Waals surface area (Å²) in [5, 5.41) is 0. The Kier molecular flexibility index (Phi) is 5.56. The van der Waals surface area contributed by atoms with E-state index in [-0.39, 0.29) is 5.91 Å². The molecule has 126 valence electrons. The third-order valence-electron chi connectivity index (χ3n) is 4.23. The lowest BCUT2D eigenvalue weighted by Crippen LogP contribution is -2.50. The molecule has 5 nitrogen and oxygen atoms in total. The number of amides is 1. The third-order valence-corrected chi connectivity index (χ3v) is 4.23. The Morgan fingerprint density at radius 3 is 2.71 bits per heavy atom. The second kappa shape index (κ2) is 8.04. The Bertz CT molecular complexity index is 648. The van der Waals surface area contributed by atoms with E-state index in [1.54, 1.807) is 17.3 Å². The first-order valence-electron chi connectivity index (χ1n) is 8.37. The zero-order valence-corrected chi connectivity index (χ0v) is 14.0. The smallest absolute Gasteiger partial charge is 0.257 e. The summed E-state index contributed by atoms with van der Waals surface area (Å²) in [7, 11) is 0. The Morgan fingerprint density at radius 1 is 1.25 bits per heavy atom. The normalized spacial score (nSPS) is 18.3. The van der Waals surface area contributed by atoms with Crippen LogP contribution in [-0.4, -0.2) is 48.1 Å². The van der Waals surface area contributed by atoms with Gasteiger partial charge in [-0.1, -0.05) is 30.3 Å². The summed E-state index contributed by atoms with van der Waals surface area (Å²) in [5.74, 6) is 0.0152. The van der Waals surface area contributed by atoms with Crippen molar-refractivity contribution < 1.29 is 9.53 Å². The molecule has 1 amide bonds. The van der Waals surface area contributed by atoms with Gasteiger partial charge < -0.3 is 9.64 Å². The number of anilines is 1. The number of rotatable bonds is 5. The summed E-state index contributed by atoms with van der Waals surface area (Å²) in [6.45, 7) is 5.48. The maximum atomic E-state index is 12.9. The monoisotopic (exact) mass is 325 g/mol. The minimum Gasteiger partial charge on any atom is -0.366 e. The Labute approximate surface area is 142 Å². The van der Waals surface area contributed by atoms with Gasteiger partial charge >= 0.3 is 0 Å². The van der Waals surface area contributed by atoms with Crippen molar-refractivity contribution in [3.05, 3.63) is 60.4 Å². The van der Waals surface area contributed by atoms with Gasteiger partial charge in [-0.25, -0.2) is 0 Å². The molecule has 1 unspecified atom stereocenters. The van der Waals surface area contributed by atoms with E-state index >= 15 is 0 Å². The van der Waals surface area contributed by atoms with Crippen molar-refractivity contribution in [3.8, 4) is 0 Å². The van der Waals surface area contributed by atoms with Gasteiger partial charge in [0.2, 0.25) is 0 Å². The zero-order chi connectivity index (χ0) is 16.8. The summed E-state index contributed by atoms with van der Waals surface area (Å²) in [6, 6.07) is 14.0. The van der Waals surface area contributed by atoms with Gasteiger partial charge in [-0.3, -0.25) is 14.7 Å². The fourth-order valence-electron chi connectivity index (χ4n) is 3.00. The van der Waals surface area contributed by atoms with Gasteiger partial charge in [0.25, 0.3) is 5.91 Å². The van der Waals surface area contributed by atoms with E-state index in [1.165, 1.54) is 5.56 Å². The highest BCUT2D eigenvalue weighted by Gasteiger charge is 2.30. The quantitative estimate of drug-likeness (QED) is 0.846. The molecule has 1 fully saturated rings. The van der Waals surface area contributed by atoms with Gasteiger partial charge in [0.15, 0.2) is 0 Å². The molecule has 3 rings (SSSR count). The number of morpholine rings is 1. The van der Waals surface area contributed by atoms with Crippen LogP contribution in [0.1, 0.15) is 12.5 Å². The van der Waals surface area contributed by atoms with Crippen LogP contribution in [-0.2, 0) is 16.1 Å². The molecule has 0 aliphatic carbocycles. The van der Waals surface area contributed by atoms with Crippen LogP contribution in [0.15, 0.2) is 54.9 Å². The lowest BCUT2D eigenvalue weighted by atomic mass is 10.1. The summed E-state index contributed by atoms with van der Waals surface area (Å²) < 4.78 is 5.76. The van der Waals surface area contributed by atoms with E-state index in [0.717, 1.165) is 18.8 Å². The van der Waals surface area contributed by atoms with Crippen LogP contribution in [0.3, 0.4) is 0 Å². The molecule has 2 aromatic rings. The molecule has 0 spiro atoms. The summed E-state index contributed by atoms with van der Waals surface area (Å²) in [4.78, 5) is 20.9. The molecule has 0 N–H and O–H groups in total. The van der Waals surface area contributed by atoms with Gasteiger partial charge in [0.1, 0.15) is 6.10 Å². The standard InChI is InChI=1S/C19H23N3O2/c1-2-22(17-8-10-20-11-9-17)19(23)18-15-21(12-13-24-18)14-16-6-4-3-5-7-16/h3-11,18H,2,12-15H2,1H3. The number of aromatic nitrogens is 1. The largest absolute Gasteiger partial charge is 0.366 e. The fourth-order valence-corrected chi connectivity index (χ4v) is 3.00. The number of carbonyl (C=O) groups excluding carboxylic acids is 1. The third kappa shape index (κ3) is 3.99. The summed E-state index contributed by atoms with van der Waals surface area (Å²) in [6.07, 6.45) is 2.99. The molecule has 1 aromatic carbocycles. The number of hydrogen-bond donors (Lipinski definition) is 0. The van der Waals surface area contributed by atoms with Gasteiger partial charge in [-0.05, 0) is 24.6 Å². The topological polar surface area (TPSA) is 45.7 Å². The van der Waals surface area contributed by atoms with Crippen molar-refractivity contribution in [2.45, 2.75) is 19.6 Å². The second-order valence-electron chi connectivity index (χ2n) is 5.87. The fraction of sp³-hybridized carbons (Fsp3) is 0.368. The summed E-state index contributed by atoms with van der Waals surface area (Å²) >= 11 is 0. The van der Waals surface area contributed by atoms with Crippen molar-refractivity contribution in [2.75, 3.05) is 31.1 Å². The number of benzene rings is 1. The number of likely N-dealkylation sites (N-methyl/N-ethyl adjacent to an activating group) is 1. The Balaban J connectivity index is 1.66. The van der Waals surface area contributed by atoms with Crippen LogP contribution in [0.4, 0.5) is 5.69 Å². The van der Waals surface area contributed by atoms with Crippen molar-refractivity contribution in [2.24, 2.45) is 0 Å². The minimum absolute atomic E-state index is 0.0152. The number of nitrogens with zero attached hydrogens (tertiary/aromatic N) is 3. The van der Waals surface area contributed by atoms with Gasteiger partial charge in [-0.2, -0.15) is 0 Å². The SMILES string of the molecule is CCN(C(=O)C1CN(Cc2ccccc2)CCO1)c1ccncc1. The molecule has 1 saturated heterocycles. The van der Waals surface area contributed by atoms with E-state index in [1.807, 2.05) is 37.3 Å². The van der Waals surface area contributed by atoms with Gasteiger partial charge in [0.05, 0.1) is 6.61 Å². The predicted molar refractivity (Wildman–Crippen MR) is 93.7 cm³/mol. The second-order valence-corrected chi connectivity index (χ2v) is 5.87. The molecular formula is C19H23N3O2. The van der Waals surface area contributed by atoms with E-state index < -0.39 is 6.10 Å². The highest BCUT2D eigenvalue weighted by Crippen LogP contribution is 2.17. The maximum Gasteiger partial charge on any atom is 0.257 e. The van der Waals surface area contributed by atoms with Crippen molar-refractivity contribution >= 4 is 11.6 Å². The average Bonchev–Trinajstić information content (AvgIpc) is 2.64. The van der Waals surface area contributed by atoms with E-state index in [2.05, 4.69) is 22.0 Å². The average molecular weight is 325 g/mol. The van der Waals surface area contributed by atoms with Crippen LogP contribution < -0.4 is 4.90 Å². The highest BCUT2D eigenvalue weighted by atomic mass is 16.5. The van der Waals surface area contributed by atoms with Crippen LogP contribution in [0.25, 0.3) is 0 Å². The molecule has 1 aromatic heterocycles. The number of hydrogen-bond acceptors (Lipinski definition) is 4. The van der Waals surface area contributed by atoms with Gasteiger partial charge in [-0.15, -0.1) is 0 Å². The minimum atomic E-state index is -0.421. The van der Waals surface area contributed by atoms with Gasteiger partial charge in [0, 0.05) is 44.3 Å². The van der Waals surface area contributed by atoms with E-state index in [9.17, 15) is 4.79 Å². The molecule has 5 heteroatoms. The molecule has 1 aliphatic rings. The van der Waals surface area contributed by atoms with Crippen LogP contribution in [0, 0.1) is 0 Å². The van der Waals surface area contributed by atoms with E-state index in [0.29, 0.717) is 19.7 Å². The van der Waals surface area contributed by atoms with Crippen LogP contribution >= 0.6 is 0 Å². The zero-order valence-electron chi connectivity index (χ0n) is 14.0. The Hall–Kier alpha value is -2.24. The number of pyridine rings is 1. The summed E-state index contributed by atoms with van der Waals surface area (Å²) in [5.41, 5.74) is 2.12. The predicted octanol–water partition coefficient (Wildman–Crippen LogP) is 2.34. The number of carbonyl (C=O) groups is 1. The molecule has 2 heterocycles. The van der Waals surface area contributed by atoms with Crippen molar-refractivity contribution in [1.29, 1.82) is 0 Å². The van der Waals surface area contributed by atoms with E-state index in [4.69, 9.17) is 4.74 Å². The molecule has 1 aliphatic heterocycles. The number of ether oxygens (including phenoxy) is 1. The first-order valence-corrected chi connectivity index (χ1v) is 8.37. The molecule has 1 atom stereocenters. The molecule has 0 radical (unpaired) electrons. The lowest BCUT2D eigenvalue weighted by molar-refractivity contribution is -0.136. The molecule has 0 bridgehead atoms. The lowest BCUT2D eigenvalue weighted by Gasteiger charge is -2.34. The first-order chi connectivity index (χ1) is 11.8. The van der Waals surface area contributed by atoms with Crippen LogP contribution in [0.2, 0.25) is 0 Å². The molecule has 0 saturated carbocycles. The Morgan fingerprint density at radius 2 is 2.00 bits per heavy atom. The molecular weight excluding hydrogens is 302 g/mol.